The molecule has 0 saturated carbocycles. The summed E-state index contributed by atoms with van der Waals surface area (Å²) in [4.78, 5) is 14.5. The minimum Gasteiger partial charge on any atom is -0.208 e. The molecular weight excluding hydrogens is 518 g/mol. The van der Waals surface area contributed by atoms with E-state index in [-0.39, 0.29) is 0 Å². The van der Waals surface area contributed by atoms with Crippen molar-refractivity contribution in [1.82, 2.24) is 15.0 Å². The fourth-order valence-corrected chi connectivity index (χ4v) is 4.70. The van der Waals surface area contributed by atoms with Crippen LogP contribution in [0, 0.1) is 0 Å². The zero-order valence-electron chi connectivity index (χ0n) is 19.9. The van der Waals surface area contributed by atoms with Gasteiger partial charge in [-0.05, 0) is 40.5 Å². The van der Waals surface area contributed by atoms with E-state index in [0.717, 1.165) is 32.3 Å². The molecule has 37 heavy (non-hydrogen) atoms. The van der Waals surface area contributed by atoms with Crippen LogP contribution in [-0.4, -0.2) is 15.0 Å². The molecule has 0 radical (unpaired) electrons. The van der Waals surface area contributed by atoms with Crippen LogP contribution in [0.2, 0.25) is 0 Å². The Morgan fingerprint density at radius 3 is 1.22 bits per heavy atom. The van der Waals surface area contributed by atoms with Gasteiger partial charge in [0.25, 0.3) is 0 Å². The van der Waals surface area contributed by atoms with Crippen molar-refractivity contribution >= 4 is 15.9 Å². The normalized spacial score (nSPS) is 10.8. The van der Waals surface area contributed by atoms with E-state index in [4.69, 9.17) is 15.0 Å². The molecule has 0 fully saturated rings. The molecule has 1 aromatic heterocycles. The Kier molecular flexibility index (Phi) is 6.40. The first kappa shape index (κ1) is 23.0. The van der Waals surface area contributed by atoms with Crippen LogP contribution in [-0.2, 0) is 0 Å². The Morgan fingerprint density at radius 1 is 0.324 bits per heavy atom. The van der Waals surface area contributed by atoms with Crippen LogP contribution in [0.4, 0.5) is 0 Å². The fourth-order valence-electron chi connectivity index (χ4n) is 4.30. The van der Waals surface area contributed by atoms with E-state index < -0.39 is 0 Å². The van der Waals surface area contributed by atoms with Crippen molar-refractivity contribution in [3.05, 3.63) is 138 Å². The summed E-state index contributed by atoms with van der Waals surface area (Å²) in [5.41, 5.74) is 7.54. The summed E-state index contributed by atoms with van der Waals surface area (Å²) in [5.74, 6) is 1.98. The summed E-state index contributed by atoms with van der Waals surface area (Å²) in [6.07, 6.45) is 0. The van der Waals surface area contributed by atoms with Gasteiger partial charge < -0.3 is 0 Å². The molecule has 0 unspecified atom stereocenters. The quantitative estimate of drug-likeness (QED) is 0.219. The molecule has 0 aliphatic rings. The van der Waals surface area contributed by atoms with Crippen LogP contribution >= 0.6 is 15.9 Å². The van der Waals surface area contributed by atoms with Gasteiger partial charge in [-0.1, -0.05) is 131 Å². The lowest BCUT2D eigenvalue weighted by atomic mass is 9.98. The lowest BCUT2D eigenvalue weighted by Crippen LogP contribution is -2.00. The van der Waals surface area contributed by atoms with E-state index in [1.165, 1.54) is 11.1 Å². The highest BCUT2D eigenvalue weighted by Gasteiger charge is 2.12. The molecule has 0 atom stereocenters. The SMILES string of the molecule is Brc1cccc(-c2cccc(-c3ccc(-c4nc(-c5ccccc5)nc(-c5ccccc5)n4)cc3)c2)c1. The van der Waals surface area contributed by atoms with Gasteiger partial charge in [0.15, 0.2) is 17.5 Å². The number of rotatable bonds is 5. The third-order valence-corrected chi connectivity index (χ3v) is 6.69. The van der Waals surface area contributed by atoms with Gasteiger partial charge in [0.05, 0.1) is 0 Å². The van der Waals surface area contributed by atoms with Crippen molar-refractivity contribution in [2.45, 2.75) is 0 Å². The monoisotopic (exact) mass is 539 g/mol. The van der Waals surface area contributed by atoms with Gasteiger partial charge >= 0.3 is 0 Å². The van der Waals surface area contributed by atoms with Crippen LogP contribution in [0.15, 0.2) is 138 Å². The zero-order chi connectivity index (χ0) is 25.0. The van der Waals surface area contributed by atoms with E-state index in [1.807, 2.05) is 66.7 Å². The van der Waals surface area contributed by atoms with Crippen molar-refractivity contribution in [2.24, 2.45) is 0 Å². The lowest BCUT2D eigenvalue weighted by molar-refractivity contribution is 1.07. The van der Waals surface area contributed by atoms with Crippen LogP contribution in [0.1, 0.15) is 0 Å². The molecule has 176 valence electrons. The maximum Gasteiger partial charge on any atom is 0.164 e. The third-order valence-electron chi connectivity index (χ3n) is 6.20. The average Bonchev–Trinajstić information content (AvgIpc) is 2.98. The van der Waals surface area contributed by atoms with Crippen molar-refractivity contribution in [3.63, 3.8) is 0 Å². The molecule has 0 amide bonds. The molecule has 1 heterocycles. The Balaban J connectivity index is 1.38. The molecule has 0 bridgehead atoms. The maximum absolute atomic E-state index is 4.84. The van der Waals surface area contributed by atoms with Crippen LogP contribution < -0.4 is 0 Å². The number of halogens is 1. The van der Waals surface area contributed by atoms with E-state index in [0.29, 0.717) is 17.5 Å². The summed E-state index contributed by atoms with van der Waals surface area (Å²) in [7, 11) is 0. The van der Waals surface area contributed by atoms with Crippen molar-refractivity contribution in [1.29, 1.82) is 0 Å². The largest absolute Gasteiger partial charge is 0.208 e. The van der Waals surface area contributed by atoms with Crippen LogP contribution in [0.5, 0.6) is 0 Å². The van der Waals surface area contributed by atoms with Gasteiger partial charge in [-0.15, -0.1) is 0 Å². The summed E-state index contributed by atoms with van der Waals surface area (Å²) in [5, 5.41) is 0. The van der Waals surface area contributed by atoms with Gasteiger partial charge in [-0.2, -0.15) is 0 Å². The molecule has 0 aliphatic heterocycles. The summed E-state index contributed by atoms with van der Waals surface area (Å²) in [6, 6.07) is 45.5. The number of aromatic nitrogens is 3. The minimum atomic E-state index is 0.655. The minimum absolute atomic E-state index is 0.655. The fraction of sp³-hybridized carbons (Fsp3) is 0. The van der Waals surface area contributed by atoms with Gasteiger partial charge in [0.2, 0.25) is 0 Å². The Labute approximate surface area is 224 Å². The third kappa shape index (κ3) is 5.11. The van der Waals surface area contributed by atoms with Crippen molar-refractivity contribution < 1.29 is 0 Å². The highest BCUT2D eigenvalue weighted by molar-refractivity contribution is 9.10. The van der Waals surface area contributed by atoms with Gasteiger partial charge in [-0.3, -0.25) is 0 Å². The molecule has 0 spiro atoms. The molecular formula is C33H22BrN3. The first-order valence-electron chi connectivity index (χ1n) is 12.1. The molecule has 6 rings (SSSR count). The van der Waals surface area contributed by atoms with Gasteiger partial charge in [0, 0.05) is 21.2 Å². The van der Waals surface area contributed by atoms with E-state index >= 15 is 0 Å². The number of benzene rings is 5. The summed E-state index contributed by atoms with van der Waals surface area (Å²) < 4.78 is 1.07. The van der Waals surface area contributed by atoms with Crippen molar-refractivity contribution in [2.75, 3.05) is 0 Å². The summed E-state index contributed by atoms with van der Waals surface area (Å²) >= 11 is 3.58. The Hall–Kier alpha value is -4.41. The number of hydrogen-bond acceptors (Lipinski definition) is 3. The molecule has 6 aromatic rings. The molecule has 3 nitrogen and oxygen atoms in total. The van der Waals surface area contributed by atoms with Crippen LogP contribution in [0.3, 0.4) is 0 Å². The standard InChI is InChI=1S/C33H22BrN3/c34-30-16-8-15-29(22-30)28-14-7-13-27(21-28)23-17-19-26(20-18-23)33-36-31(24-9-3-1-4-10-24)35-32(37-33)25-11-5-2-6-12-25/h1-22H. The number of hydrogen-bond donors (Lipinski definition) is 0. The predicted molar refractivity (Wildman–Crippen MR) is 155 cm³/mol. The average molecular weight is 540 g/mol. The lowest BCUT2D eigenvalue weighted by Gasteiger charge is -2.10. The summed E-state index contributed by atoms with van der Waals surface area (Å²) in [6.45, 7) is 0. The van der Waals surface area contributed by atoms with E-state index in [9.17, 15) is 0 Å². The maximum atomic E-state index is 4.84. The Morgan fingerprint density at radius 2 is 0.703 bits per heavy atom. The van der Waals surface area contributed by atoms with Gasteiger partial charge in [-0.25, -0.2) is 15.0 Å². The smallest absolute Gasteiger partial charge is 0.164 e. The number of nitrogens with zero attached hydrogens (tertiary/aromatic N) is 3. The predicted octanol–water partition coefficient (Wildman–Crippen LogP) is 8.97. The highest BCUT2D eigenvalue weighted by Crippen LogP contribution is 2.30. The molecule has 5 aromatic carbocycles. The second-order valence-electron chi connectivity index (χ2n) is 8.71. The first-order valence-corrected chi connectivity index (χ1v) is 12.9. The zero-order valence-corrected chi connectivity index (χ0v) is 21.5. The molecule has 0 aliphatic carbocycles. The second kappa shape index (κ2) is 10.3. The topological polar surface area (TPSA) is 38.7 Å². The molecule has 0 saturated heterocycles. The molecule has 4 heteroatoms. The second-order valence-corrected chi connectivity index (χ2v) is 9.62. The van der Waals surface area contributed by atoms with Crippen LogP contribution in [0.25, 0.3) is 56.4 Å². The Bertz CT molecular complexity index is 1610. The van der Waals surface area contributed by atoms with E-state index in [1.54, 1.807) is 0 Å². The van der Waals surface area contributed by atoms with Gasteiger partial charge in [0.1, 0.15) is 0 Å². The first-order chi connectivity index (χ1) is 18.2. The highest BCUT2D eigenvalue weighted by atomic mass is 79.9. The molecule has 0 N–H and O–H groups in total. The van der Waals surface area contributed by atoms with E-state index in [2.05, 4.69) is 82.7 Å². The van der Waals surface area contributed by atoms with Crippen molar-refractivity contribution in [3.8, 4) is 56.4 Å².